The van der Waals surface area contributed by atoms with Gasteiger partial charge >= 0.3 is 0 Å². The van der Waals surface area contributed by atoms with Gasteiger partial charge in [0.15, 0.2) is 0 Å². The molecule has 1 aromatic rings. The van der Waals surface area contributed by atoms with Crippen LogP contribution in [0.15, 0.2) is 30.3 Å². The van der Waals surface area contributed by atoms with Crippen molar-refractivity contribution in [3.8, 4) is 0 Å². The number of nitrogens with one attached hydrogen (secondary N) is 1. The Kier molecular flexibility index (Phi) is 5.56. The van der Waals surface area contributed by atoms with E-state index in [9.17, 15) is 4.79 Å². The number of benzene rings is 1. The van der Waals surface area contributed by atoms with Crippen molar-refractivity contribution < 1.29 is 4.79 Å². The molecule has 0 aromatic heterocycles. The fraction of sp³-hybridized carbons (Fsp3) is 0.562. The Bertz CT molecular complexity index is 417. The molecule has 0 unspecified atom stereocenters. The molecule has 1 aliphatic rings. The van der Waals surface area contributed by atoms with Gasteiger partial charge < -0.3 is 11.1 Å². The van der Waals surface area contributed by atoms with E-state index in [0.717, 1.165) is 24.7 Å². The molecule has 1 fully saturated rings. The molecule has 0 radical (unpaired) electrons. The largest absolute Gasteiger partial charge is 0.353 e. The highest BCUT2D eigenvalue weighted by atomic mass is 16.2. The van der Waals surface area contributed by atoms with Crippen LogP contribution in [0.4, 0.5) is 0 Å². The molecule has 3 N–H and O–H groups in total. The van der Waals surface area contributed by atoms with Gasteiger partial charge in [0.05, 0.1) is 6.04 Å². The summed E-state index contributed by atoms with van der Waals surface area (Å²) in [5, 5.41) is 2.94. The lowest BCUT2D eigenvalue weighted by Crippen LogP contribution is -2.45. The van der Waals surface area contributed by atoms with Crippen LogP contribution in [0.25, 0.3) is 0 Å². The van der Waals surface area contributed by atoms with Gasteiger partial charge in [-0.3, -0.25) is 9.69 Å². The number of likely N-dealkylation sites (N-methyl/N-ethyl adjacent to an activating group) is 1. The fourth-order valence-corrected chi connectivity index (χ4v) is 2.45. The molecule has 2 rings (SSSR count). The Morgan fingerprint density at radius 1 is 1.40 bits per heavy atom. The van der Waals surface area contributed by atoms with E-state index >= 15 is 0 Å². The summed E-state index contributed by atoms with van der Waals surface area (Å²) in [6.07, 6.45) is 3.19. The second-order valence-electron chi connectivity index (χ2n) is 5.45. The van der Waals surface area contributed by atoms with Crippen molar-refractivity contribution >= 4 is 5.91 Å². The number of carbonyl (C=O) groups excluding carboxylic acids is 1. The molecule has 20 heavy (non-hydrogen) atoms. The van der Waals surface area contributed by atoms with E-state index in [0.29, 0.717) is 13.0 Å². The first-order valence-corrected chi connectivity index (χ1v) is 7.52. The minimum Gasteiger partial charge on any atom is -0.353 e. The number of nitrogens with two attached hydrogens (primary N) is 1. The predicted molar refractivity (Wildman–Crippen MR) is 81.4 cm³/mol. The van der Waals surface area contributed by atoms with Gasteiger partial charge in [-0.1, -0.05) is 37.3 Å². The first-order chi connectivity index (χ1) is 9.70. The van der Waals surface area contributed by atoms with Crippen LogP contribution < -0.4 is 11.1 Å². The summed E-state index contributed by atoms with van der Waals surface area (Å²) < 4.78 is 0. The molecule has 1 amide bonds. The van der Waals surface area contributed by atoms with Crippen LogP contribution in [0.2, 0.25) is 0 Å². The number of amides is 1. The predicted octanol–water partition coefficient (Wildman–Crippen LogP) is 1.16. The minimum absolute atomic E-state index is 0.0549. The van der Waals surface area contributed by atoms with E-state index in [2.05, 4.69) is 17.1 Å². The summed E-state index contributed by atoms with van der Waals surface area (Å²) in [5.74, 6) is -0.0549. The third kappa shape index (κ3) is 4.62. The van der Waals surface area contributed by atoms with Crippen LogP contribution in [0, 0.1) is 0 Å². The Morgan fingerprint density at radius 2 is 2.10 bits per heavy atom. The maximum Gasteiger partial charge on any atom is 0.237 e. The standard InChI is InChI=1S/C16H25N3O/c1-2-19(14-8-9-14)11-10-18-16(20)15(17)12-13-6-4-3-5-7-13/h3-7,14-15H,2,8-12,17H2,1H3,(H,18,20)/t15-/m0/s1. The summed E-state index contributed by atoms with van der Waals surface area (Å²) >= 11 is 0. The van der Waals surface area contributed by atoms with Crippen LogP contribution in [0.1, 0.15) is 25.3 Å². The highest BCUT2D eigenvalue weighted by molar-refractivity contribution is 5.81. The zero-order chi connectivity index (χ0) is 14.4. The van der Waals surface area contributed by atoms with Gasteiger partial charge in [-0.2, -0.15) is 0 Å². The molecule has 1 atom stereocenters. The number of nitrogens with zero attached hydrogens (tertiary/aromatic N) is 1. The summed E-state index contributed by atoms with van der Waals surface area (Å²) in [4.78, 5) is 14.4. The van der Waals surface area contributed by atoms with Crippen molar-refractivity contribution in [3.05, 3.63) is 35.9 Å². The maximum absolute atomic E-state index is 11.9. The zero-order valence-corrected chi connectivity index (χ0v) is 12.2. The van der Waals surface area contributed by atoms with E-state index in [1.54, 1.807) is 0 Å². The van der Waals surface area contributed by atoms with Crippen LogP contribution in [-0.4, -0.2) is 42.5 Å². The van der Waals surface area contributed by atoms with Crippen molar-refractivity contribution in [2.45, 2.75) is 38.3 Å². The molecule has 0 bridgehead atoms. The molecular formula is C16H25N3O. The van der Waals surface area contributed by atoms with Gasteiger partial charge in [-0.15, -0.1) is 0 Å². The Morgan fingerprint density at radius 3 is 2.70 bits per heavy atom. The summed E-state index contributed by atoms with van der Waals surface area (Å²) in [6.45, 7) is 4.83. The SMILES string of the molecule is CCN(CCNC(=O)[C@@H](N)Cc1ccccc1)C1CC1. The lowest BCUT2D eigenvalue weighted by molar-refractivity contribution is -0.122. The molecule has 4 heteroatoms. The average Bonchev–Trinajstić information content (AvgIpc) is 3.29. The lowest BCUT2D eigenvalue weighted by atomic mass is 10.1. The number of rotatable bonds is 8. The molecule has 110 valence electrons. The number of hydrogen-bond donors (Lipinski definition) is 2. The van der Waals surface area contributed by atoms with Crippen LogP contribution in [0.3, 0.4) is 0 Å². The molecule has 1 aliphatic carbocycles. The average molecular weight is 275 g/mol. The smallest absolute Gasteiger partial charge is 0.237 e. The van der Waals surface area contributed by atoms with Gasteiger partial charge in [0.25, 0.3) is 0 Å². The second-order valence-corrected chi connectivity index (χ2v) is 5.45. The van der Waals surface area contributed by atoms with E-state index < -0.39 is 6.04 Å². The van der Waals surface area contributed by atoms with E-state index in [1.807, 2.05) is 30.3 Å². The van der Waals surface area contributed by atoms with E-state index in [-0.39, 0.29) is 5.91 Å². The Labute approximate surface area is 121 Å². The Balaban J connectivity index is 1.68. The molecular weight excluding hydrogens is 250 g/mol. The first-order valence-electron chi connectivity index (χ1n) is 7.52. The molecule has 0 heterocycles. The summed E-state index contributed by atoms with van der Waals surface area (Å²) in [7, 11) is 0. The fourth-order valence-electron chi connectivity index (χ4n) is 2.45. The normalized spacial score (nSPS) is 16.1. The minimum atomic E-state index is -0.464. The monoisotopic (exact) mass is 275 g/mol. The molecule has 0 saturated heterocycles. The van der Waals surface area contributed by atoms with Crippen molar-refractivity contribution in [1.82, 2.24) is 10.2 Å². The lowest BCUT2D eigenvalue weighted by Gasteiger charge is -2.20. The zero-order valence-electron chi connectivity index (χ0n) is 12.2. The number of carbonyl (C=O) groups is 1. The molecule has 0 spiro atoms. The second kappa shape index (κ2) is 7.41. The van der Waals surface area contributed by atoms with Crippen molar-refractivity contribution in [2.75, 3.05) is 19.6 Å². The van der Waals surface area contributed by atoms with Crippen molar-refractivity contribution in [1.29, 1.82) is 0 Å². The molecule has 4 nitrogen and oxygen atoms in total. The topological polar surface area (TPSA) is 58.4 Å². The first kappa shape index (κ1) is 15.0. The quantitative estimate of drug-likeness (QED) is 0.748. The molecule has 0 aliphatic heterocycles. The molecule has 1 saturated carbocycles. The van der Waals surface area contributed by atoms with Crippen LogP contribution in [0.5, 0.6) is 0 Å². The third-order valence-electron chi connectivity index (χ3n) is 3.80. The van der Waals surface area contributed by atoms with Gasteiger partial charge in [-0.25, -0.2) is 0 Å². The van der Waals surface area contributed by atoms with Crippen LogP contribution in [-0.2, 0) is 11.2 Å². The van der Waals surface area contributed by atoms with Gasteiger partial charge in [0.1, 0.15) is 0 Å². The maximum atomic E-state index is 11.9. The van der Waals surface area contributed by atoms with Gasteiger partial charge in [0, 0.05) is 19.1 Å². The van der Waals surface area contributed by atoms with Crippen molar-refractivity contribution in [2.24, 2.45) is 5.73 Å². The van der Waals surface area contributed by atoms with E-state index in [1.165, 1.54) is 12.8 Å². The molecule has 1 aromatic carbocycles. The highest BCUT2D eigenvalue weighted by Gasteiger charge is 2.27. The number of hydrogen-bond acceptors (Lipinski definition) is 3. The van der Waals surface area contributed by atoms with Crippen molar-refractivity contribution in [3.63, 3.8) is 0 Å². The van der Waals surface area contributed by atoms with Gasteiger partial charge in [0.2, 0.25) is 5.91 Å². The Hall–Kier alpha value is -1.39. The highest BCUT2D eigenvalue weighted by Crippen LogP contribution is 2.25. The van der Waals surface area contributed by atoms with Gasteiger partial charge in [-0.05, 0) is 31.4 Å². The van der Waals surface area contributed by atoms with Crippen LogP contribution >= 0.6 is 0 Å². The van der Waals surface area contributed by atoms with E-state index in [4.69, 9.17) is 5.73 Å². The third-order valence-corrected chi connectivity index (χ3v) is 3.80. The summed E-state index contributed by atoms with van der Waals surface area (Å²) in [6, 6.07) is 10.2. The summed E-state index contributed by atoms with van der Waals surface area (Å²) in [5.41, 5.74) is 7.05.